The van der Waals surface area contributed by atoms with E-state index in [1.54, 1.807) is 14.1 Å². The first-order chi connectivity index (χ1) is 12.5. The van der Waals surface area contributed by atoms with E-state index in [4.69, 9.17) is 4.74 Å². The van der Waals surface area contributed by atoms with Crippen LogP contribution < -0.4 is 4.90 Å². The molecular weight excluding hydrogens is 337 g/mol. The maximum absolute atomic E-state index is 13.1. The Bertz CT molecular complexity index is 731. The van der Waals surface area contributed by atoms with E-state index in [0.717, 1.165) is 19.5 Å². The molecule has 0 spiro atoms. The van der Waals surface area contributed by atoms with Crippen LogP contribution in [0.3, 0.4) is 0 Å². The molecule has 0 fully saturated rings. The van der Waals surface area contributed by atoms with E-state index in [9.17, 15) is 9.18 Å². The molecule has 1 amide bonds. The zero-order valence-corrected chi connectivity index (χ0v) is 15.1. The number of nitrogens with zero attached hydrogens (tertiary/aromatic N) is 5. The van der Waals surface area contributed by atoms with Gasteiger partial charge in [0.2, 0.25) is 11.9 Å². The molecule has 3 rings (SSSR count). The summed E-state index contributed by atoms with van der Waals surface area (Å²) in [7, 11) is 3.43. The number of amides is 1. The van der Waals surface area contributed by atoms with Gasteiger partial charge in [0, 0.05) is 45.7 Å². The molecule has 140 valence electrons. The van der Waals surface area contributed by atoms with Gasteiger partial charge in [0.15, 0.2) is 5.82 Å². The summed E-state index contributed by atoms with van der Waals surface area (Å²) in [6.07, 6.45) is 5.26. The molecule has 0 bridgehead atoms. The molecule has 26 heavy (non-hydrogen) atoms. The van der Waals surface area contributed by atoms with Gasteiger partial charge in [0.05, 0.1) is 18.9 Å². The van der Waals surface area contributed by atoms with E-state index >= 15 is 0 Å². The number of anilines is 1. The normalized spacial score (nSPS) is 16.9. The fourth-order valence-corrected chi connectivity index (χ4v) is 3.02. The second-order valence-electron chi connectivity index (χ2n) is 6.73. The van der Waals surface area contributed by atoms with Crippen molar-refractivity contribution in [2.75, 3.05) is 38.8 Å². The molecule has 1 aliphatic heterocycles. The highest BCUT2D eigenvalue weighted by atomic mass is 19.1. The average molecular weight is 361 g/mol. The predicted molar refractivity (Wildman–Crippen MR) is 95.1 cm³/mol. The van der Waals surface area contributed by atoms with Gasteiger partial charge in [-0.05, 0) is 24.5 Å². The molecule has 8 heteroatoms. The first-order valence-electron chi connectivity index (χ1n) is 8.67. The number of hydrogen-bond acceptors (Lipinski definition) is 5. The topological polar surface area (TPSA) is 63.5 Å². The number of ether oxygens (including phenoxy) is 1. The number of fused-ring (bicyclic) bond motifs is 1. The van der Waals surface area contributed by atoms with Crippen LogP contribution in [0.25, 0.3) is 0 Å². The summed E-state index contributed by atoms with van der Waals surface area (Å²) < 4.78 is 20.9. The molecule has 0 N–H and O–H groups in total. The van der Waals surface area contributed by atoms with Crippen molar-refractivity contribution >= 4 is 11.9 Å². The fourth-order valence-electron chi connectivity index (χ4n) is 3.02. The van der Waals surface area contributed by atoms with Gasteiger partial charge in [0.1, 0.15) is 6.61 Å². The van der Waals surface area contributed by atoms with Crippen LogP contribution >= 0.6 is 0 Å². The van der Waals surface area contributed by atoms with Gasteiger partial charge in [-0.3, -0.25) is 4.79 Å². The summed E-state index contributed by atoms with van der Waals surface area (Å²) in [5, 5.41) is 0. The van der Waals surface area contributed by atoms with Gasteiger partial charge in [-0.25, -0.2) is 14.4 Å². The Morgan fingerprint density at radius 3 is 2.85 bits per heavy atom. The van der Waals surface area contributed by atoms with Crippen molar-refractivity contribution in [3.63, 3.8) is 0 Å². The first kappa shape index (κ1) is 18.3. The fraction of sp³-hybridized carbons (Fsp3) is 0.500. The third kappa shape index (κ3) is 4.57. The van der Waals surface area contributed by atoms with Gasteiger partial charge < -0.3 is 19.1 Å². The highest BCUT2D eigenvalue weighted by molar-refractivity contribution is 5.76. The van der Waals surface area contributed by atoms with Crippen molar-refractivity contribution in [2.45, 2.75) is 19.5 Å². The molecule has 7 nitrogen and oxygen atoms in total. The third-order valence-corrected chi connectivity index (χ3v) is 4.49. The molecule has 3 heterocycles. The van der Waals surface area contributed by atoms with Crippen LogP contribution in [0, 0.1) is 11.7 Å². The Balaban J connectivity index is 1.64. The lowest BCUT2D eigenvalue weighted by molar-refractivity contribution is -0.133. The largest absolute Gasteiger partial charge is 0.372 e. The Labute approximate surface area is 152 Å². The number of hydrogen-bond donors (Lipinski definition) is 0. The first-order valence-corrected chi connectivity index (χ1v) is 8.67. The lowest BCUT2D eigenvalue weighted by atomic mass is 10.1. The molecule has 0 aliphatic carbocycles. The van der Waals surface area contributed by atoms with E-state index in [1.165, 1.54) is 23.0 Å². The zero-order chi connectivity index (χ0) is 18.5. The molecule has 0 radical (unpaired) electrons. The van der Waals surface area contributed by atoms with E-state index < -0.39 is 5.82 Å². The molecule has 2 aromatic heterocycles. The van der Waals surface area contributed by atoms with Crippen LogP contribution in [-0.4, -0.2) is 59.2 Å². The summed E-state index contributed by atoms with van der Waals surface area (Å²) in [6.45, 7) is 2.90. The molecule has 0 saturated carbocycles. The zero-order valence-electron chi connectivity index (χ0n) is 15.1. The minimum Gasteiger partial charge on any atom is -0.372 e. The minimum atomic E-state index is -0.442. The Hall–Kier alpha value is -2.48. The van der Waals surface area contributed by atoms with Crippen molar-refractivity contribution in [1.82, 2.24) is 19.4 Å². The number of carbonyl (C=O) groups is 1. The van der Waals surface area contributed by atoms with Gasteiger partial charge >= 0.3 is 0 Å². The van der Waals surface area contributed by atoms with Gasteiger partial charge in [-0.15, -0.1) is 0 Å². The average Bonchev–Trinajstić information content (AvgIpc) is 2.97. The van der Waals surface area contributed by atoms with Gasteiger partial charge in [0.25, 0.3) is 0 Å². The molecule has 2 aromatic rings. The smallest absolute Gasteiger partial charge is 0.248 e. The number of carbonyl (C=O) groups excluding carboxylic acids is 1. The van der Waals surface area contributed by atoms with E-state index in [2.05, 4.69) is 31.7 Å². The maximum Gasteiger partial charge on any atom is 0.248 e. The Morgan fingerprint density at radius 1 is 1.35 bits per heavy atom. The molecular formula is C18H24FN5O2. The van der Waals surface area contributed by atoms with Gasteiger partial charge in [-0.1, -0.05) is 0 Å². The highest BCUT2D eigenvalue weighted by Crippen LogP contribution is 2.22. The summed E-state index contributed by atoms with van der Waals surface area (Å²) in [6, 6.07) is 4.10. The number of aromatic nitrogens is 3. The number of halogens is 1. The van der Waals surface area contributed by atoms with Crippen molar-refractivity contribution in [3.05, 3.63) is 42.2 Å². The third-order valence-electron chi connectivity index (χ3n) is 4.49. The van der Waals surface area contributed by atoms with Gasteiger partial charge in [-0.2, -0.15) is 0 Å². The molecule has 1 unspecified atom stereocenters. The Kier molecular flexibility index (Phi) is 5.82. The monoisotopic (exact) mass is 361 g/mol. The SMILES string of the molecule is CN(C)C(=O)COCCC1CN(c2ncc(F)cn2)Cc2cccn2C1. The quantitative estimate of drug-likeness (QED) is 0.731. The van der Waals surface area contributed by atoms with Crippen LogP contribution in [-0.2, 0) is 22.6 Å². The lowest BCUT2D eigenvalue weighted by Gasteiger charge is -2.24. The van der Waals surface area contributed by atoms with E-state index in [0.29, 0.717) is 25.0 Å². The molecule has 0 aromatic carbocycles. The molecule has 1 aliphatic rings. The minimum absolute atomic E-state index is 0.0418. The van der Waals surface area contributed by atoms with E-state index in [-0.39, 0.29) is 12.5 Å². The van der Waals surface area contributed by atoms with Crippen LogP contribution in [0.2, 0.25) is 0 Å². The lowest BCUT2D eigenvalue weighted by Crippen LogP contribution is -2.30. The molecule has 1 atom stereocenters. The predicted octanol–water partition coefficient (Wildman–Crippen LogP) is 1.55. The van der Waals surface area contributed by atoms with Crippen molar-refractivity contribution in [3.8, 4) is 0 Å². The van der Waals surface area contributed by atoms with Crippen LogP contribution in [0.5, 0.6) is 0 Å². The summed E-state index contributed by atoms with van der Waals surface area (Å²) in [4.78, 5) is 23.4. The maximum atomic E-state index is 13.1. The van der Waals surface area contributed by atoms with Crippen LogP contribution in [0.4, 0.5) is 10.3 Å². The van der Waals surface area contributed by atoms with E-state index in [1.807, 2.05) is 6.07 Å². The molecule has 0 saturated heterocycles. The second kappa shape index (κ2) is 8.27. The summed E-state index contributed by atoms with van der Waals surface area (Å²) in [5.74, 6) is 0.351. The highest BCUT2D eigenvalue weighted by Gasteiger charge is 2.23. The standard InChI is InChI=1S/C18H24FN5O2/c1-22(2)17(25)13-26-7-5-14-10-23-6-3-4-16(23)12-24(11-14)18-20-8-15(19)9-21-18/h3-4,6,8-9,14H,5,7,10-13H2,1-2H3. The summed E-state index contributed by atoms with van der Waals surface area (Å²) >= 11 is 0. The van der Waals surface area contributed by atoms with Crippen molar-refractivity contribution in [2.24, 2.45) is 5.92 Å². The van der Waals surface area contributed by atoms with Crippen molar-refractivity contribution < 1.29 is 13.9 Å². The van der Waals surface area contributed by atoms with Crippen molar-refractivity contribution in [1.29, 1.82) is 0 Å². The summed E-state index contributed by atoms with van der Waals surface area (Å²) in [5.41, 5.74) is 1.17. The number of rotatable bonds is 6. The number of likely N-dealkylation sites (N-methyl/N-ethyl adjacent to an activating group) is 1. The van der Waals surface area contributed by atoms with Crippen LogP contribution in [0.15, 0.2) is 30.7 Å². The second-order valence-corrected chi connectivity index (χ2v) is 6.73. The van der Waals surface area contributed by atoms with Crippen LogP contribution in [0.1, 0.15) is 12.1 Å². The Morgan fingerprint density at radius 2 is 2.12 bits per heavy atom.